The van der Waals surface area contributed by atoms with E-state index < -0.39 is 12.0 Å². The summed E-state index contributed by atoms with van der Waals surface area (Å²) in [5.74, 6) is -1.56. The molecule has 1 unspecified atom stereocenters. The van der Waals surface area contributed by atoms with Gasteiger partial charge >= 0.3 is 5.97 Å². The van der Waals surface area contributed by atoms with Gasteiger partial charge < -0.3 is 20.3 Å². The molecule has 1 aliphatic rings. The summed E-state index contributed by atoms with van der Waals surface area (Å²) in [6.45, 7) is 5.95. The number of aromatic nitrogens is 1. The van der Waals surface area contributed by atoms with Crippen LogP contribution < -0.4 is 5.32 Å². The van der Waals surface area contributed by atoms with E-state index in [4.69, 9.17) is 5.11 Å². The number of nitrogens with one attached hydrogen (secondary N) is 2. The van der Waals surface area contributed by atoms with E-state index in [1.165, 1.54) is 4.90 Å². The fourth-order valence-electron chi connectivity index (χ4n) is 2.79. The standard InChI is InChI=1S/C14H19N3O4/c1-4-9-12(18)15-5-6-17(9)13(19)10-7(2)11(14(20)21)16-8(10)3/h9,16H,4-6H2,1-3H3,(H,15,18)(H,20,21). The molecule has 21 heavy (non-hydrogen) atoms. The van der Waals surface area contributed by atoms with Crippen molar-refractivity contribution in [3.8, 4) is 0 Å². The molecule has 3 N–H and O–H groups in total. The van der Waals surface area contributed by atoms with Gasteiger partial charge in [-0.05, 0) is 25.8 Å². The van der Waals surface area contributed by atoms with Gasteiger partial charge in [-0.25, -0.2) is 4.79 Å². The lowest BCUT2D eigenvalue weighted by Crippen LogP contribution is -2.57. The number of hydrogen-bond acceptors (Lipinski definition) is 3. The largest absolute Gasteiger partial charge is 0.477 e. The molecule has 7 nitrogen and oxygen atoms in total. The number of rotatable bonds is 3. The van der Waals surface area contributed by atoms with E-state index in [0.29, 0.717) is 36.3 Å². The molecule has 0 spiro atoms. The molecule has 0 aromatic carbocycles. The summed E-state index contributed by atoms with van der Waals surface area (Å²) < 4.78 is 0. The highest BCUT2D eigenvalue weighted by Crippen LogP contribution is 2.22. The van der Waals surface area contributed by atoms with Crippen molar-refractivity contribution in [2.45, 2.75) is 33.2 Å². The number of aromatic amines is 1. The summed E-state index contributed by atoms with van der Waals surface area (Å²) in [6, 6.07) is -0.506. The van der Waals surface area contributed by atoms with Gasteiger partial charge in [-0.2, -0.15) is 0 Å². The molecule has 1 fully saturated rings. The molecule has 2 amide bonds. The van der Waals surface area contributed by atoms with E-state index in [-0.39, 0.29) is 17.5 Å². The number of amides is 2. The Morgan fingerprint density at radius 2 is 2.05 bits per heavy atom. The lowest BCUT2D eigenvalue weighted by atomic mass is 10.0. The molecule has 1 aromatic rings. The molecule has 1 aromatic heterocycles. The molecule has 0 aliphatic carbocycles. The second-order valence-corrected chi connectivity index (χ2v) is 5.14. The minimum atomic E-state index is -1.10. The minimum Gasteiger partial charge on any atom is -0.477 e. The van der Waals surface area contributed by atoms with Gasteiger partial charge in [0.15, 0.2) is 0 Å². The van der Waals surface area contributed by atoms with Gasteiger partial charge in [0.05, 0.1) is 5.56 Å². The van der Waals surface area contributed by atoms with Crippen molar-refractivity contribution in [1.82, 2.24) is 15.2 Å². The average Bonchev–Trinajstić information content (AvgIpc) is 2.73. The van der Waals surface area contributed by atoms with Crippen molar-refractivity contribution in [1.29, 1.82) is 0 Å². The fourth-order valence-corrected chi connectivity index (χ4v) is 2.79. The van der Waals surface area contributed by atoms with Crippen molar-refractivity contribution < 1.29 is 19.5 Å². The van der Waals surface area contributed by atoms with Crippen LogP contribution in [0.5, 0.6) is 0 Å². The Morgan fingerprint density at radius 1 is 1.38 bits per heavy atom. The smallest absolute Gasteiger partial charge is 0.352 e. The summed E-state index contributed by atoms with van der Waals surface area (Å²) in [5.41, 5.74) is 1.28. The molecule has 0 radical (unpaired) electrons. The third kappa shape index (κ3) is 2.51. The molecule has 1 saturated heterocycles. The van der Waals surface area contributed by atoms with Gasteiger partial charge in [0.25, 0.3) is 5.91 Å². The van der Waals surface area contributed by atoms with Gasteiger partial charge in [0.2, 0.25) is 5.91 Å². The predicted molar refractivity (Wildman–Crippen MR) is 75.4 cm³/mol. The van der Waals surface area contributed by atoms with Crippen LogP contribution in [-0.2, 0) is 4.79 Å². The Bertz CT molecular complexity index is 606. The maximum absolute atomic E-state index is 12.7. The third-order valence-electron chi connectivity index (χ3n) is 3.84. The number of carbonyl (C=O) groups is 3. The highest BCUT2D eigenvalue weighted by molar-refractivity contribution is 6.02. The maximum atomic E-state index is 12.7. The van der Waals surface area contributed by atoms with Gasteiger partial charge in [-0.1, -0.05) is 6.92 Å². The van der Waals surface area contributed by atoms with Crippen LogP contribution in [0.1, 0.15) is 45.4 Å². The van der Waals surface area contributed by atoms with Gasteiger partial charge in [-0.15, -0.1) is 0 Å². The first-order valence-electron chi connectivity index (χ1n) is 6.89. The molecule has 1 aliphatic heterocycles. The second kappa shape index (κ2) is 5.59. The number of aryl methyl sites for hydroxylation is 1. The summed E-state index contributed by atoms with van der Waals surface area (Å²) in [7, 11) is 0. The maximum Gasteiger partial charge on any atom is 0.352 e. The summed E-state index contributed by atoms with van der Waals surface area (Å²) in [5, 5.41) is 11.9. The molecule has 7 heteroatoms. The van der Waals surface area contributed by atoms with Crippen molar-refractivity contribution in [2.24, 2.45) is 0 Å². The monoisotopic (exact) mass is 293 g/mol. The number of carboxylic acids is 1. The highest BCUT2D eigenvalue weighted by Gasteiger charge is 2.34. The Kier molecular flexibility index (Phi) is 4.02. The zero-order valence-electron chi connectivity index (χ0n) is 12.3. The van der Waals surface area contributed by atoms with E-state index >= 15 is 0 Å². The van der Waals surface area contributed by atoms with Gasteiger partial charge in [0.1, 0.15) is 11.7 Å². The molecule has 2 heterocycles. The zero-order valence-corrected chi connectivity index (χ0v) is 12.3. The van der Waals surface area contributed by atoms with Crippen molar-refractivity contribution in [3.05, 3.63) is 22.5 Å². The number of piperazine rings is 1. The van der Waals surface area contributed by atoms with Crippen LogP contribution in [0.15, 0.2) is 0 Å². The Morgan fingerprint density at radius 3 is 2.57 bits per heavy atom. The van der Waals surface area contributed by atoms with Crippen molar-refractivity contribution in [3.63, 3.8) is 0 Å². The number of H-pyrrole nitrogens is 1. The molecule has 2 rings (SSSR count). The molecular weight excluding hydrogens is 274 g/mol. The quantitative estimate of drug-likeness (QED) is 0.762. The zero-order chi connectivity index (χ0) is 15.7. The minimum absolute atomic E-state index is 0.0189. The van der Waals surface area contributed by atoms with Crippen LogP contribution in [-0.4, -0.2) is 51.9 Å². The number of hydrogen-bond donors (Lipinski definition) is 3. The number of nitrogens with zero attached hydrogens (tertiary/aromatic N) is 1. The van der Waals surface area contributed by atoms with Crippen LogP contribution in [0.2, 0.25) is 0 Å². The van der Waals surface area contributed by atoms with Crippen molar-refractivity contribution in [2.75, 3.05) is 13.1 Å². The van der Waals surface area contributed by atoms with E-state index in [9.17, 15) is 14.4 Å². The fraction of sp³-hybridized carbons (Fsp3) is 0.500. The number of carbonyl (C=O) groups excluding carboxylic acids is 2. The SMILES string of the molecule is CCC1C(=O)NCCN1C(=O)c1c(C)[nH]c(C(=O)O)c1C. The lowest BCUT2D eigenvalue weighted by molar-refractivity contribution is -0.127. The number of carboxylic acid groups (broad SMARTS) is 1. The Labute approximate surface area is 122 Å². The van der Waals surface area contributed by atoms with Crippen LogP contribution in [0, 0.1) is 13.8 Å². The topological polar surface area (TPSA) is 103 Å². The van der Waals surface area contributed by atoms with E-state index in [1.54, 1.807) is 13.8 Å². The summed E-state index contributed by atoms with van der Waals surface area (Å²) in [4.78, 5) is 40.0. The molecular formula is C14H19N3O4. The molecule has 0 bridgehead atoms. The van der Waals surface area contributed by atoms with E-state index in [2.05, 4.69) is 10.3 Å². The van der Waals surface area contributed by atoms with E-state index in [1.807, 2.05) is 6.92 Å². The third-order valence-corrected chi connectivity index (χ3v) is 3.84. The summed E-state index contributed by atoms with van der Waals surface area (Å²) >= 11 is 0. The number of aromatic carboxylic acids is 1. The first kappa shape index (κ1) is 15.1. The highest BCUT2D eigenvalue weighted by atomic mass is 16.4. The first-order chi connectivity index (χ1) is 9.88. The summed E-state index contributed by atoms with van der Waals surface area (Å²) in [6.07, 6.45) is 0.520. The van der Waals surface area contributed by atoms with Crippen molar-refractivity contribution >= 4 is 17.8 Å². The Hall–Kier alpha value is -2.31. The Balaban J connectivity index is 2.40. The molecule has 114 valence electrons. The van der Waals surface area contributed by atoms with Gasteiger partial charge in [-0.3, -0.25) is 9.59 Å². The average molecular weight is 293 g/mol. The molecule has 1 atom stereocenters. The first-order valence-corrected chi connectivity index (χ1v) is 6.89. The molecule has 0 saturated carbocycles. The lowest BCUT2D eigenvalue weighted by Gasteiger charge is -2.34. The predicted octanol–water partition coefficient (Wildman–Crippen LogP) is 0.680. The van der Waals surface area contributed by atoms with Crippen LogP contribution in [0.3, 0.4) is 0 Å². The van der Waals surface area contributed by atoms with Crippen LogP contribution >= 0.6 is 0 Å². The van der Waals surface area contributed by atoms with Gasteiger partial charge in [0, 0.05) is 18.8 Å². The van der Waals surface area contributed by atoms with Crippen LogP contribution in [0.25, 0.3) is 0 Å². The normalized spacial score (nSPS) is 18.5. The van der Waals surface area contributed by atoms with Crippen LogP contribution in [0.4, 0.5) is 0 Å². The van der Waals surface area contributed by atoms with E-state index in [0.717, 1.165) is 0 Å². The second-order valence-electron chi connectivity index (χ2n) is 5.14.